The van der Waals surface area contributed by atoms with E-state index in [1.54, 1.807) is 12.3 Å². The van der Waals surface area contributed by atoms with Gasteiger partial charge in [-0.05, 0) is 61.5 Å². The van der Waals surface area contributed by atoms with E-state index in [-0.39, 0.29) is 5.91 Å². The second kappa shape index (κ2) is 10.4. The van der Waals surface area contributed by atoms with Crippen LogP contribution in [-0.2, 0) is 4.74 Å². The minimum Gasteiger partial charge on any atom is -0.380 e. The summed E-state index contributed by atoms with van der Waals surface area (Å²) < 4.78 is 5.28. The van der Waals surface area contributed by atoms with Crippen molar-refractivity contribution < 1.29 is 9.53 Å². The van der Waals surface area contributed by atoms with E-state index >= 15 is 0 Å². The summed E-state index contributed by atoms with van der Waals surface area (Å²) in [6.07, 6.45) is 5.63. The highest BCUT2D eigenvalue weighted by Crippen LogP contribution is 2.26. The van der Waals surface area contributed by atoms with Gasteiger partial charge >= 0.3 is 0 Å². The van der Waals surface area contributed by atoms with Crippen LogP contribution in [0.1, 0.15) is 28.7 Å². The van der Waals surface area contributed by atoms with E-state index in [9.17, 15) is 4.79 Å². The maximum Gasteiger partial charge on any atom is 0.253 e. The molecule has 0 unspecified atom stereocenters. The van der Waals surface area contributed by atoms with Crippen LogP contribution in [0.15, 0.2) is 66.9 Å². The summed E-state index contributed by atoms with van der Waals surface area (Å²) >= 11 is 0. The third-order valence-electron chi connectivity index (χ3n) is 4.88. The molecule has 0 saturated carbocycles. The van der Waals surface area contributed by atoms with Crippen LogP contribution in [0, 0.1) is 0 Å². The third kappa shape index (κ3) is 5.19. The van der Waals surface area contributed by atoms with Crippen molar-refractivity contribution in [1.29, 1.82) is 0 Å². The molecule has 4 rings (SSSR count). The van der Waals surface area contributed by atoms with Crippen molar-refractivity contribution in [3.05, 3.63) is 83.8 Å². The summed E-state index contributed by atoms with van der Waals surface area (Å²) in [5.41, 5.74) is 4.78. The Kier molecular flexibility index (Phi) is 6.89. The van der Waals surface area contributed by atoms with E-state index in [1.165, 1.54) is 0 Å². The van der Waals surface area contributed by atoms with E-state index in [0.29, 0.717) is 25.3 Å². The third-order valence-corrected chi connectivity index (χ3v) is 4.88. The molecule has 0 aliphatic heterocycles. The van der Waals surface area contributed by atoms with Crippen molar-refractivity contribution >= 4 is 40.3 Å². The Morgan fingerprint density at radius 1 is 1.09 bits per heavy atom. The zero-order chi connectivity index (χ0) is 22.2. The number of benzene rings is 2. The number of pyridine rings is 1. The summed E-state index contributed by atoms with van der Waals surface area (Å²) in [4.78, 5) is 16.9. The molecular formula is C25H25N5O2. The molecule has 7 nitrogen and oxygen atoms in total. The van der Waals surface area contributed by atoms with E-state index in [0.717, 1.165) is 33.7 Å². The molecule has 0 fully saturated rings. The highest BCUT2D eigenvalue weighted by molar-refractivity contribution is 6.00. The molecule has 2 aromatic carbocycles. The minimum absolute atomic E-state index is 0.141. The number of fused-ring (bicyclic) bond motifs is 1. The number of hydrogen-bond donors (Lipinski definition) is 3. The SMILES string of the molecule is CCOCCNC(=O)c1ccccc1Nc1ccc2c(/C=C/c3ccccn3)n[nH]c2c1. The fourth-order valence-corrected chi connectivity index (χ4v) is 3.31. The number of hydrogen-bond acceptors (Lipinski definition) is 5. The van der Waals surface area contributed by atoms with Crippen LogP contribution in [0.25, 0.3) is 23.1 Å². The van der Waals surface area contributed by atoms with Gasteiger partial charge in [-0.2, -0.15) is 5.10 Å². The minimum atomic E-state index is -0.141. The molecule has 3 N–H and O–H groups in total. The van der Waals surface area contributed by atoms with Gasteiger partial charge in [0.1, 0.15) is 0 Å². The van der Waals surface area contributed by atoms with Crippen LogP contribution < -0.4 is 10.6 Å². The summed E-state index contributed by atoms with van der Waals surface area (Å²) in [5.74, 6) is -0.141. The highest BCUT2D eigenvalue weighted by Gasteiger charge is 2.11. The summed E-state index contributed by atoms with van der Waals surface area (Å²) in [7, 11) is 0. The normalized spacial score (nSPS) is 11.2. The fourth-order valence-electron chi connectivity index (χ4n) is 3.31. The van der Waals surface area contributed by atoms with Crippen molar-refractivity contribution in [3.63, 3.8) is 0 Å². The van der Waals surface area contributed by atoms with Crippen LogP contribution in [-0.4, -0.2) is 40.8 Å². The topological polar surface area (TPSA) is 91.9 Å². The number of para-hydroxylation sites is 1. The number of H-pyrrole nitrogens is 1. The second-order valence-corrected chi connectivity index (χ2v) is 7.08. The van der Waals surface area contributed by atoms with Gasteiger partial charge < -0.3 is 15.4 Å². The molecule has 7 heteroatoms. The Balaban J connectivity index is 1.50. The number of amides is 1. The molecule has 0 aliphatic carbocycles. The zero-order valence-electron chi connectivity index (χ0n) is 17.8. The monoisotopic (exact) mass is 427 g/mol. The van der Waals surface area contributed by atoms with Crippen molar-refractivity contribution in [3.8, 4) is 0 Å². The predicted octanol–water partition coefficient (Wildman–Crippen LogP) is 4.64. The number of nitrogens with one attached hydrogen (secondary N) is 3. The molecule has 32 heavy (non-hydrogen) atoms. The van der Waals surface area contributed by atoms with Crippen molar-refractivity contribution in [2.45, 2.75) is 6.92 Å². The Morgan fingerprint density at radius 3 is 2.81 bits per heavy atom. The van der Waals surface area contributed by atoms with E-state index < -0.39 is 0 Å². The molecule has 0 saturated heterocycles. The van der Waals surface area contributed by atoms with Gasteiger partial charge in [0.15, 0.2) is 0 Å². The van der Waals surface area contributed by atoms with Gasteiger partial charge in [0.05, 0.1) is 34.8 Å². The van der Waals surface area contributed by atoms with E-state index in [4.69, 9.17) is 4.74 Å². The molecule has 2 heterocycles. The second-order valence-electron chi connectivity index (χ2n) is 7.08. The van der Waals surface area contributed by atoms with Gasteiger partial charge in [0.25, 0.3) is 5.91 Å². The smallest absolute Gasteiger partial charge is 0.253 e. The van der Waals surface area contributed by atoms with Crippen LogP contribution in [0.2, 0.25) is 0 Å². The Bertz CT molecular complexity index is 1220. The maximum atomic E-state index is 12.6. The standard InChI is InChI=1S/C25H25N5O2/c1-2-32-16-15-27-25(31)21-8-3-4-9-22(21)28-19-10-12-20-23(29-30-24(20)17-19)13-11-18-7-5-6-14-26-18/h3-14,17,28H,2,15-16H2,1H3,(H,27,31)(H,29,30)/b13-11+. The lowest BCUT2D eigenvalue weighted by Crippen LogP contribution is -2.27. The molecule has 0 atom stereocenters. The number of aromatic amines is 1. The van der Waals surface area contributed by atoms with Crippen LogP contribution in [0.3, 0.4) is 0 Å². The van der Waals surface area contributed by atoms with Gasteiger partial charge in [-0.3, -0.25) is 14.9 Å². The molecule has 2 aromatic heterocycles. The fraction of sp³-hybridized carbons (Fsp3) is 0.160. The number of ether oxygens (including phenoxy) is 1. The first-order valence-electron chi connectivity index (χ1n) is 10.5. The number of nitrogens with zero attached hydrogens (tertiary/aromatic N) is 2. The molecule has 1 amide bonds. The first-order valence-corrected chi connectivity index (χ1v) is 10.5. The lowest BCUT2D eigenvalue weighted by molar-refractivity contribution is 0.0923. The average molecular weight is 428 g/mol. The van der Waals surface area contributed by atoms with Gasteiger partial charge in [-0.25, -0.2) is 0 Å². The van der Waals surface area contributed by atoms with Crippen LogP contribution >= 0.6 is 0 Å². The van der Waals surface area contributed by atoms with Gasteiger partial charge in [0, 0.05) is 30.4 Å². The summed E-state index contributed by atoms with van der Waals surface area (Å²) in [6.45, 7) is 3.52. The Labute approximate surface area is 186 Å². The van der Waals surface area contributed by atoms with E-state index in [1.807, 2.05) is 73.7 Å². The number of carbonyl (C=O) groups excluding carboxylic acids is 1. The lowest BCUT2D eigenvalue weighted by atomic mass is 10.1. The largest absolute Gasteiger partial charge is 0.380 e. The lowest BCUT2D eigenvalue weighted by Gasteiger charge is -2.12. The summed E-state index contributed by atoms with van der Waals surface area (Å²) in [5, 5.41) is 14.7. The first kappa shape index (κ1) is 21.3. The van der Waals surface area contributed by atoms with Crippen LogP contribution in [0.5, 0.6) is 0 Å². The van der Waals surface area contributed by atoms with Crippen LogP contribution in [0.4, 0.5) is 11.4 Å². The quantitative estimate of drug-likeness (QED) is 0.339. The average Bonchev–Trinajstić information content (AvgIpc) is 3.23. The van der Waals surface area contributed by atoms with E-state index in [2.05, 4.69) is 25.8 Å². The van der Waals surface area contributed by atoms with Gasteiger partial charge in [-0.15, -0.1) is 0 Å². The number of rotatable bonds is 9. The molecular weight excluding hydrogens is 402 g/mol. The predicted molar refractivity (Wildman–Crippen MR) is 128 cm³/mol. The Morgan fingerprint density at radius 2 is 1.97 bits per heavy atom. The van der Waals surface area contributed by atoms with Crippen molar-refractivity contribution in [2.75, 3.05) is 25.1 Å². The van der Waals surface area contributed by atoms with Gasteiger partial charge in [-0.1, -0.05) is 18.2 Å². The first-order chi connectivity index (χ1) is 15.7. The molecule has 0 aliphatic rings. The molecule has 162 valence electrons. The number of carbonyl (C=O) groups is 1. The van der Waals surface area contributed by atoms with Crippen molar-refractivity contribution in [1.82, 2.24) is 20.5 Å². The highest BCUT2D eigenvalue weighted by atomic mass is 16.5. The zero-order valence-corrected chi connectivity index (χ0v) is 17.8. The van der Waals surface area contributed by atoms with Crippen molar-refractivity contribution in [2.24, 2.45) is 0 Å². The number of aromatic nitrogens is 3. The maximum absolute atomic E-state index is 12.6. The number of anilines is 2. The van der Waals surface area contributed by atoms with Gasteiger partial charge in [0.2, 0.25) is 0 Å². The molecule has 0 radical (unpaired) electrons. The molecule has 4 aromatic rings. The molecule has 0 spiro atoms. The Hall–Kier alpha value is -3.97. The summed E-state index contributed by atoms with van der Waals surface area (Å²) in [6, 6.07) is 19.2. The molecule has 0 bridgehead atoms.